The molecule has 7 heteroatoms. The van der Waals surface area contributed by atoms with Crippen LogP contribution in [0.15, 0.2) is 48.8 Å². The van der Waals surface area contributed by atoms with Crippen LogP contribution in [0.5, 0.6) is 11.6 Å². The molecular weight excluding hydrogens is 354 g/mol. The Kier molecular flexibility index (Phi) is 5.25. The number of nitrogens with one attached hydrogen (secondary N) is 1. The second-order valence-corrected chi connectivity index (χ2v) is 7.27. The van der Waals surface area contributed by atoms with Gasteiger partial charge in [-0.3, -0.25) is 0 Å². The lowest BCUT2D eigenvalue weighted by molar-refractivity contribution is 0.117. The molecule has 146 valence electrons. The van der Waals surface area contributed by atoms with E-state index in [1.807, 2.05) is 42.6 Å². The van der Waals surface area contributed by atoms with Crippen molar-refractivity contribution in [2.75, 3.05) is 7.11 Å². The third kappa shape index (κ3) is 3.99. The van der Waals surface area contributed by atoms with Gasteiger partial charge in [0.25, 0.3) is 0 Å². The van der Waals surface area contributed by atoms with E-state index in [1.54, 1.807) is 18.0 Å². The number of methoxy groups -OCH3 is 1. The predicted octanol–water partition coefficient (Wildman–Crippen LogP) is 3.25. The molecule has 1 saturated heterocycles. The van der Waals surface area contributed by atoms with E-state index in [4.69, 9.17) is 9.47 Å². The summed E-state index contributed by atoms with van der Waals surface area (Å²) in [6, 6.07) is 12.4. The Balaban J connectivity index is 1.52. The maximum atomic E-state index is 6.06. The summed E-state index contributed by atoms with van der Waals surface area (Å²) in [7, 11) is 1.65. The fourth-order valence-corrected chi connectivity index (χ4v) is 3.76. The number of benzene rings is 1. The van der Waals surface area contributed by atoms with E-state index in [2.05, 4.69) is 34.5 Å². The molecule has 1 N–H and O–H groups in total. The van der Waals surface area contributed by atoms with Crippen LogP contribution in [0.4, 0.5) is 0 Å². The monoisotopic (exact) mass is 379 g/mol. The molecule has 1 aromatic carbocycles. The average molecular weight is 379 g/mol. The Morgan fingerprint density at radius 1 is 1.07 bits per heavy atom. The Hall–Kier alpha value is -2.93. The van der Waals surface area contributed by atoms with Gasteiger partial charge >= 0.3 is 0 Å². The second-order valence-electron chi connectivity index (χ2n) is 7.27. The van der Waals surface area contributed by atoms with Crippen LogP contribution in [0.1, 0.15) is 26.7 Å². The van der Waals surface area contributed by atoms with E-state index in [9.17, 15) is 0 Å². The van der Waals surface area contributed by atoms with E-state index >= 15 is 0 Å². The zero-order valence-electron chi connectivity index (χ0n) is 16.4. The molecule has 0 bridgehead atoms. The van der Waals surface area contributed by atoms with Crippen molar-refractivity contribution in [1.82, 2.24) is 25.3 Å². The van der Waals surface area contributed by atoms with Crippen LogP contribution in [0.25, 0.3) is 16.9 Å². The SMILES string of the molecule is COc1cc(-n2cccn2)ccc1-c1ccc(O[C@@H]2C[C@@H](C)N[C@@H](C)C2)nn1. The molecule has 7 nitrogen and oxygen atoms in total. The Bertz CT molecular complexity index is 901. The summed E-state index contributed by atoms with van der Waals surface area (Å²) in [6.07, 6.45) is 5.74. The lowest BCUT2D eigenvalue weighted by Crippen LogP contribution is -2.46. The van der Waals surface area contributed by atoms with Crippen LogP contribution < -0.4 is 14.8 Å². The summed E-state index contributed by atoms with van der Waals surface area (Å²) in [5.41, 5.74) is 2.54. The average Bonchev–Trinajstić information content (AvgIpc) is 3.22. The zero-order chi connectivity index (χ0) is 19.5. The van der Waals surface area contributed by atoms with Crippen molar-refractivity contribution in [3.8, 4) is 28.6 Å². The molecule has 0 unspecified atom stereocenters. The number of ether oxygens (including phenoxy) is 2. The summed E-state index contributed by atoms with van der Waals surface area (Å²) < 4.78 is 13.4. The third-order valence-corrected chi connectivity index (χ3v) is 4.96. The minimum absolute atomic E-state index is 0.161. The molecule has 3 aromatic rings. The van der Waals surface area contributed by atoms with Gasteiger partial charge in [0.2, 0.25) is 5.88 Å². The van der Waals surface area contributed by atoms with E-state index < -0.39 is 0 Å². The van der Waals surface area contributed by atoms with Gasteiger partial charge in [-0.15, -0.1) is 10.2 Å². The number of hydrogen-bond acceptors (Lipinski definition) is 6. The van der Waals surface area contributed by atoms with Crippen LogP contribution in [0, 0.1) is 0 Å². The molecule has 4 rings (SSSR count). The van der Waals surface area contributed by atoms with Crippen molar-refractivity contribution in [3.63, 3.8) is 0 Å². The van der Waals surface area contributed by atoms with E-state index in [0.29, 0.717) is 18.0 Å². The predicted molar refractivity (Wildman–Crippen MR) is 107 cm³/mol. The van der Waals surface area contributed by atoms with Crippen molar-refractivity contribution in [1.29, 1.82) is 0 Å². The number of aromatic nitrogens is 4. The Labute approximate surface area is 164 Å². The molecule has 0 aliphatic carbocycles. The summed E-state index contributed by atoms with van der Waals surface area (Å²) in [5, 5.41) is 16.4. The number of hydrogen-bond donors (Lipinski definition) is 1. The van der Waals surface area contributed by atoms with Gasteiger partial charge in [0.1, 0.15) is 11.9 Å². The van der Waals surface area contributed by atoms with Crippen LogP contribution >= 0.6 is 0 Å². The Morgan fingerprint density at radius 2 is 1.89 bits per heavy atom. The molecule has 1 fully saturated rings. The number of piperidine rings is 1. The summed E-state index contributed by atoms with van der Waals surface area (Å²) in [6.45, 7) is 4.36. The van der Waals surface area contributed by atoms with Crippen molar-refractivity contribution in [2.24, 2.45) is 0 Å². The van der Waals surface area contributed by atoms with Crippen LogP contribution in [0.3, 0.4) is 0 Å². The second kappa shape index (κ2) is 7.98. The number of rotatable bonds is 5. The standard InChI is InChI=1S/C21H25N5O2/c1-14-11-17(12-15(2)23-14)28-21-8-7-19(24-25-21)18-6-5-16(13-20(18)27-3)26-10-4-9-22-26/h4-10,13-15,17,23H,11-12H2,1-3H3/t14-,15+,17-. The molecule has 0 amide bonds. The van der Waals surface area contributed by atoms with Crippen molar-refractivity contribution < 1.29 is 9.47 Å². The van der Waals surface area contributed by atoms with Gasteiger partial charge in [0, 0.05) is 42.2 Å². The highest BCUT2D eigenvalue weighted by molar-refractivity contribution is 5.69. The van der Waals surface area contributed by atoms with Crippen molar-refractivity contribution in [2.45, 2.75) is 44.9 Å². The molecule has 0 saturated carbocycles. The number of nitrogens with zero attached hydrogens (tertiary/aromatic N) is 4. The van der Waals surface area contributed by atoms with Gasteiger partial charge in [0.05, 0.1) is 18.5 Å². The van der Waals surface area contributed by atoms with Crippen molar-refractivity contribution >= 4 is 0 Å². The van der Waals surface area contributed by atoms with E-state index in [-0.39, 0.29) is 6.10 Å². The first-order valence-electron chi connectivity index (χ1n) is 9.57. The molecule has 0 spiro atoms. The minimum atomic E-state index is 0.161. The topological polar surface area (TPSA) is 74.1 Å². The minimum Gasteiger partial charge on any atom is -0.496 e. The highest BCUT2D eigenvalue weighted by Crippen LogP contribution is 2.31. The maximum Gasteiger partial charge on any atom is 0.233 e. The highest BCUT2D eigenvalue weighted by Gasteiger charge is 2.25. The van der Waals surface area contributed by atoms with Crippen LogP contribution in [-0.2, 0) is 0 Å². The first kappa shape index (κ1) is 18.4. The normalized spacial score (nSPS) is 22.0. The van der Waals surface area contributed by atoms with Crippen LogP contribution in [0.2, 0.25) is 0 Å². The van der Waals surface area contributed by atoms with E-state index in [1.165, 1.54) is 0 Å². The summed E-state index contributed by atoms with van der Waals surface area (Å²) in [4.78, 5) is 0. The maximum absolute atomic E-state index is 6.06. The molecule has 28 heavy (non-hydrogen) atoms. The first-order valence-corrected chi connectivity index (χ1v) is 9.57. The quantitative estimate of drug-likeness (QED) is 0.734. The summed E-state index contributed by atoms with van der Waals surface area (Å²) >= 11 is 0. The lowest BCUT2D eigenvalue weighted by Gasteiger charge is -2.32. The Morgan fingerprint density at radius 3 is 2.54 bits per heavy atom. The zero-order valence-corrected chi connectivity index (χ0v) is 16.4. The summed E-state index contributed by atoms with van der Waals surface area (Å²) in [5.74, 6) is 1.28. The molecule has 1 aliphatic heterocycles. The fraction of sp³-hybridized carbons (Fsp3) is 0.381. The third-order valence-electron chi connectivity index (χ3n) is 4.96. The van der Waals surface area contributed by atoms with Crippen LogP contribution in [-0.4, -0.2) is 45.3 Å². The van der Waals surface area contributed by atoms with Gasteiger partial charge in [-0.1, -0.05) is 0 Å². The molecule has 3 atom stereocenters. The van der Waals surface area contributed by atoms with Gasteiger partial charge in [-0.2, -0.15) is 5.10 Å². The smallest absolute Gasteiger partial charge is 0.233 e. The van der Waals surface area contributed by atoms with Gasteiger partial charge in [-0.05, 0) is 51.0 Å². The molecular formula is C21H25N5O2. The largest absolute Gasteiger partial charge is 0.496 e. The molecule has 1 aliphatic rings. The van der Waals surface area contributed by atoms with Gasteiger partial charge in [0.15, 0.2) is 0 Å². The molecule has 0 radical (unpaired) electrons. The lowest BCUT2D eigenvalue weighted by atomic mass is 9.98. The first-order chi connectivity index (χ1) is 13.6. The van der Waals surface area contributed by atoms with Gasteiger partial charge in [-0.25, -0.2) is 4.68 Å². The highest BCUT2D eigenvalue weighted by atomic mass is 16.5. The molecule has 3 heterocycles. The fourth-order valence-electron chi connectivity index (χ4n) is 3.76. The van der Waals surface area contributed by atoms with E-state index in [0.717, 1.165) is 35.5 Å². The van der Waals surface area contributed by atoms with Crippen molar-refractivity contribution in [3.05, 3.63) is 48.8 Å². The van der Waals surface area contributed by atoms with Gasteiger partial charge < -0.3 is 14.8 Å². The molecule has 2 aromatic heterocycles.